The number of hydrogen-bond donors (Lipinski definition) is 1. The minimum Gasteiger partial charge on any atom is -0.494 e. The Morgan fingerprint density at radius 2 is 1.40 bits per heavy atom. The highest BCUT2D eigenvalue weighted by atomic mass is 35.5. The molecule has 0 aliphatic heterocycles. The molecular formula is C39H36ClF3N2O4S. The number of ether oxygens (including phenoxy) is 1. The van der Waals surface area contributed by atoms with Gasteiger partial charge in [0.2, 0.25) is 5.91 Å². The van der Waals surface area contributed by atoms with E-state index in [9.17, 15) is 26.4 Å². The quantitative estimate of drug-likeness (QED) is 0.110. The monoisotopic (exact) mass is 720 g/mol. The molecule has 5 aromatic rings. The second kappa shape index (κ2) is 16.8. The van der Waals surface area contributed by atoms with Gasteiger partial charge in [0.05, 0.1) is 28.5 Å². The summed E-state index contributed by atoms with van der Waals surface area (Å²) in [6.07, 6.45) is -4.21. The fraction of sp³-hybridized carbons (Fsp3) is 0.205. The van der Waals surface area contributed by atoms with Gasteiger partial charge in [-0.05, 0) is 59.0 Å². The summed E-state index contributed by atoms with van der Waals surface area (Å²) in [5, 5.41) is -0.311. The van der Waals surface area contributed by atoms with Gasteiger partial charge in [-0.2, -0.15) is 13.2 Å². The maximum atomic E-state index is 13.7. The Labute approximate surface area is 295 Å². The molecule has 0 radical (unpaired) electrons. The van der Waals surface area contributed by atoms with Crippen molar-refractivity contribution in [3.63, 3.8) is 0 Å². The van der Waals surface area contributed by atoms with E-state index in [1.807, 2.05) is 60.7 Å². The van der Waals surface area contributed by atoms with E-state index in [4.69, 9.17) is 16.3 Å². The Kier molecular flexibility index (Phi) is 12.3. The molecule has 0 atom stereocenters. The summed E-state index contributed by atoms with van der Waals surface area (Å²) < 4.78 is 74.3. The number of carbonyl (C=O) groups excluding carboxylic acids is 1. The number of alkyl halides is 3. The topological polar surface area (TPSA) is 75.7 Å². The van der Waals surface area contributed by atoms with Crippen LogP contribution in [0.5, 0.6) is 5.75 Å². The molecule has 5 aromatic carbocycles. The van der Waals surface area contributed by atoms with Crippen LogP contribution in [0.2, 0.25) is 5.02 Å². The van der Waals surface area contributed by atoms with Gasteiger partial charge in [-0.1, -0.05) is 115 Å². The average Bonchev–Trinajstić information content (AvgIpc) is 3.10. The van der Waals surface area contributed by atoms with Crippen LogP contribution in [0, 0.1) is 0 Å². The van der Waals surface area contributed by atoms with Gasteiger partial charge in [-0.15, -0.1) is 0 Å². The molecule has 0 aliphatic rings. The summed E-state index contributed by atoms with van der Waals surface area (Å²) >= 11 is 6.33. The molecule has 5 rings (SSSR count). The first kappa shape index (κ1) is 36.6. The van der Waals surface area contributed by atoms with Gasteiger partial charge in [-0.25, -0.2) is 13.1 Å². The fourth-order valence-electron chi connectivity index (χ4n) is 5.68. The molecule has 50 heavy (non-hydrogen) atoms. The van der Waals surface area contributed by atoms with Gasteiger partial charge in [-0.3, -0.25) is 9.69 Å². The zero-order chi connectivity index (χ0) is 35.6. The number of nitrogens with one attached hydrogen (secondary N) is 1. The first-order chi connectivity index (χ1) is 24.0. The van der Waals surface area contributed by atoms with Gasteiger partial charge in [0.1, 0.15) is 5.75 Å². The fourth-order valence-corrected chi connectivity index (χ4v) is 6.98. The van der Waals surface area contributed by atoms with Gasteiger partial charge >= 0.3 is 6.18 Å². The predicted molar refractivity (Wildman–Crippen MR) is 188 cm³/mol. The van der Waals surface area contributed by atoms with E-state index in [1.165, 1.54) is 18.2 Å². The first-order valence-electron chi connectivity index (χ1n) is 16.0. The zero-order valence-electron chi connectivity index (χ0n) is 27.0. The zero-order valence-corrected chi connectivity index (χ0v) is 28.6. The number of carbonyl (C=O) groups is 1. The Hall–Kier alpha value is -4.64. The molecule has 0 heterocycles. The summed E-state index contributed by atoms with van der Waals surface area (Å²) in [4.78, 5) is 14.7. The Morgan fingerprint density at radius 1 is 0.800 bits per heavy atom. The van der Waals surface area contributed by atoms with Gasteiger partial charge in [0, 0.05) is 25.6 Å². The van der Waals surface area contributed by atoms with Crippen molar-refractivity contribution in [2.45, 2.75) is 36.4 Å². The number of hydrogen-bond acceptors (Lipinski definition) is 5. The molecule has 1 N–H and O–H groups in total. The molecule has 0 bridgehead atoms. The Morgan fingerprint density at radius 3 is 2.02 bits per heavy atom. The van der Waals surface area contributed by atoms with E-state index in [0.717, 1.165) is 17.2 Å². The molecule has 11 heteroatoms. The molecule has 1 amide bonds. The maximum absolute atomic E-state index is 13.7. The van der Waals surface area contributed by atoms with Crippen LogP contribution in [0.25, 0.3) is 0 Å². The number of nitrogens with zero attached hydrogens (tertiary/aromatic N) is 1. The van der Waals surface area contributed by atoms with Crippen LogP contribution in [0.4, 0.5) is 13.2 Å². The predicted octanol–water partition coefficient (Wildman–Crippen LogP) is 8.51. The van der Waals surface area contributed by atoms with Crippen molar-refractivity contribution in [3.8, 4) is 5.75 Å². The first-order valence-corrected chi connectivity index (χ1v) is 17.8. The molecule has 0 fully saturated rings. The minimum absolute atomic E-state index is 0.00587. The Bertz CT molecular complexity index is 1920. The van der Waals surface area contributed by atoms with Crippen molar-refractivity contribution in [2.75, 3.05) is 19.7 Å². The van der Waals surface area contributed by atoms with Crippen LogP contribution >= 0.6 is 11.6 Å². The van der Waals surface area contributed by atoms with Crippen LogP contribution in [0.1, 0.15) is 40.2 Å². The summed E-state index contributed by atoms with van der Waals surface area (Å²) in [5.74, 6) is -0.238. The maximum Gasteiger partial charge on any atom is 0.417 e. The molecule has 0 aliphatic carbocycles. The van der Waals surface area contributed by atoms with E-state index in [2.05, 4.69) is 9.62 Å². The lowest BCUT2D eigenvalue weighted by Gasteiger charge is -2.29. The van der Waals surface area contributed by atoms with E-state index in [-0.39, 0.29) is 35.4 Å². The van der Waals surface area contributed by atoms with Crippen LogP contribution in [0.15, 0.2) is 138 Å². The van der Waals surface area contributed by atoms with Crippen LogP contribution in [-0.4, -0.2) is 38.9 Å². The van der Waals surface area contributed by atoms with Crippen molar-refractivity contribution in [2.24, 2.45) is 0 Å². The standard InChI is InChI=1S/C39H36ClF3N2O4S/c40-38-32(18-11-22-36(38)39(41,42)43)27-45(28-35(30-14-4-1-5-15-30)31-16-6-2-7-17-31)23-12-24-49-33-19-10-13-29(25-33)26-37(46)44-50(47,48)34-20-8-3-9-21-34/h1-11,13-22,25,35H,12,23-24,26-28H2,(H,44,46). The lowest BCUT2D eigenvalue weighted by atomic mass is 9.90. The SMILES string of the molecule is O=C(Cc1cccc(OCCCN(Cc2cccc(C(F)(F)F)c2Cl)CC(c2ccccc2)c2ccccc2)c1)NS(=O)(=O)c1ccccc1. The summed E-state index contributed by atoms with van der Waals surface area (Å²) in [6, 6.07) is 38.4. The van der Waals surface area contributed by atoms with E-state index in [0.29, 0.717) is 36.4 Å². The normalized spacial score (nSPS) is 11.9. The molecule has 6 nitrogen and oxygen atoms in total. The van der Waals surface area contributed by atoms with Crippen molar-refractivity contribution in [1.82, 2.24) is 9.62 Å². The smallest absolute Gasteiger partial charge is 0.417 e. The molecule has 0 spiro atoms. The lowest BCUT2D eigenvalue weighted by Crippen LogP contribution is -2.31. The van der Waals surface area contributed by atoms with Gasteiger partial charge in [0.15, 0.2) is 0 Å². The Balaban J connectivity index is 1.27. The summed E-state index contributed by atoms with van der Waals surface area (Å²) in [7, 11) is -3.99. The van der Waals surface area contributed by atoms with Crippen molar-refractivity contribution in [1.29, 1.82) is 0 Å². The van der Waals surface area contributed by atoms with Crippen molar-refractivity contribution < 1.29 is 31.1 Å². The number of benzene rings is 5. The highest BCUT2D eigenvalue weighted by Gasteiger charge is 2.34. The van der Waals surface area contributed by atoms with E-state index < -0.39 is 27.7 Å². The van der Waals surface area contributed by atoms with Crippen LogP contribution in [0.3, 0.4) is 0 Å². The summed E-state index contributed by atoms with van der Waals surface area (Å²) in [6.45, 7) is 1.47. The number of amides is 1. The highest BCUT2D eigenvalue weighted by Crippen LogP contribution is 2.37. The highest BCUT2D eigenvalue weighted by molar-refractivity contribution is 7.90. The van der Waals surface area contributed by atoms with Crippen molar-refractivity contribution in [3.05, 3.63) is 166 Å². The van der Waals surface area contributed by atoms with E-state index in [1.54, 1.807) is 48.5 Å². The van der Waals surface area contributed by atoms with Crippen molar-refractivity contribution >= 4 is 27.5 Å². The van der Waals surface area contributed by atoms with Crippen LogP contribution in [-0.2, 0) is 34.0 Å². The lowest BCUT2D eigenvalue weighted by molar-refractivity contribution is -0.137. The molecular weight excluding hydrogens is 685 g/mol. The third kappa shape index (κ3) is 10.2. The second-order valence-electron chi connectivity index (χ2n) is 11.8. The second-order valence-corrected chi connectivity index (χ2v) is 13.8. The molecule has 0 saturated heterocycles. The summed E-state index contributed by atoms with van der Waals surface area (Å²) in [5.41, 5.74) is 2.23. The number of halogens is 4. The van der Waals surface area contributed by atoms with E-state index >= 15 is 0 Å². The third-order valence-electron chi connectivity index (χ3n) is 8.07. The number of sulfonamides is 1. The van der Waals surface area contributed by atoms with Gasteiger partial charge in [0.25, 0.3) is 10.0 Å². The molecule has 260 valence electrons. The minimum atomic E-state index is -4.58. The number of rotatable bonds is 15. The molecule has 0 unspecified atom stereocenters. The largest absolute Gasteiger partial charge is 0.494 e. The average molecular weight is 721 g/mol. The third-order valence-corrected chi connectivity index (χ3v) is 9.91. The van der Waals surface area contributed by atoms with Gasteiger partial charge < -0.3 is 4.74 Å². The molecule has 0 aromatic heterocycles. The molecule has 0 saturated carbocycles. The van der Waals surface area contributed by atoms with Crippen LogP contribution < -0.4 is 9.46 Å².